The van der Waals surface area contributed by atoms with E-state index in [4.69, 9.17) is 11.6 Å². The second-order valence-corrected chi connectivity index (χ2v) is 8.86. The molecule has 0 saturated carbocycles. The molecule has 1 amide bonds. The van der Waals surface area contributed by atoms with E-state index in [1.54, 1.807) is 42.5 Å². The smallest absolute Gasteiger partial charge is 0.264 e. The van der Waals surface area contributed by atoms with Gasteiger partial charge in [0.15, 0.2) is 0 Å². The summed E-state index contributed by atoms with van der Waals surface area (Å²) in [7, 11) is -4.00. The minimum atomic E-state index is -4.00. The Morgan fingerprint density at radius 3 is 2.10 bits per heavy atom. The van der Waals surface area contributed by atoms with Crippen LogP contribution < -0.4 is 9.62 Å². The number of rotatable bonds is 6. The van der Waals surface area contributed by atoms with Crippen molar-refractivity contribution in [3.8, 4) is 0 Å². The van der Waals surface area contributed by atoms with Gasteiger partial charge in [-0.25, -0.2) is 8.42 Å². The summed E-state index contributed by atoms with van der Waals surface area (Å²) < 4.78 is 27.6. The fourth-order valence-corrected chi connectivity index (χ4v) is 4.74. The summed E-state index contributed by atoms with van der Waals surface area (Å²) >= 11 is 6.27. The van der Waals surface area contributed by atoms with Crippen LogP contribution in [-0.4, -0.2) is 20.9 Å². The average molecular weight is 429 g/mol. The number of amides is 1. The van der Waals surface area contributed by atoms with Crippen LogP contribution in [0.25, 0.3) is 0 Å². The van der Waals surface area contributed by atoms with Gasteiger partial charge in [-0.3, -0.25) is 9.10 Å². The Morgan fingerprint density at radius 2 is 1.48 bits per heavy atom. The summed E-state index contributed by atoms with van der Waals surface area (Å²) in [5.41, 5.74) is 2.71. The maximum Gasteiger partial charge on any atom is 0.264 e. The van der Waals surface area contributed by atoms with Crippen LogP contribution in [0.5, 0.6) is 0 Å². The third kappa shape index (κ3) is 4.60. The number of nitrogens with one attached hydrogen (secondary N) is 1. The van der Waals surface area contributed by atoms with E-state index in [1.807, 2.05) is 32.0 Å². The minimum absolute atomic E-state index is 0.0831. The van der Waals surface area contributed by atoms with E-state index < -0.39 is 22.5 Å². The van der Waals surface area contributed by atoms with E-state index in [2.05, 4.69) is 5.32 Å². The van der Waals surface area contributed by atoms with Crippen LogP contribution in [0.1, 0.15) is 11.1 Å². The number of para-hydroxylation sites is 2. The van der Waals surface area contributed by atoms with Gasteiger partial charge in [-0.05, 0) is 49.2 Å². The summed E-state index contributed by atoms with van der Waals surface area (Å²) in [5, 5.41) is 3.08. The van der Waals surface area contributed by atoms with Crippen LogP contribution in [0.15, 0.2) is 77.7 Å². The van der Waals surface area contributed by atoms with E-state index in [0.717, 1.165) is 15.4 Å². The van der Waals surface area contributed by atoms with Gasteiger partial charge in [-0.2, -0.15) is 0 Å². The number of halogens is 1. The van der Waals surface area contributed by atoms with Gasteiger partial charge in [0.25, 0.3) is 10.0 Å². The van der Waals surface area contributed by atoms with Gasteiger partial charge in [0, 0.05) is 5.69 Å². The Hall–Kier alpha value is -2.83. The summed E-state index contributed by atoms with van der Waals surface area (Å²) in [4.78, 5) is 12.9. The highest BCUT2D eigenvalue weighted by Gasteiger charge is 2.28. The third-order valence-corrected chi connectivity index (χ3v) is 6.58. The highest BCUT2D eigenvalue weighted by molar-refractivity contribution is 7.92. The monoisotopic (exact) mass is 428 g/mol. The minimum Gasteiger partial charge on any atom is -0.324 e. The molecule has 0 saturated heterocycles. The molecule has 0 spiro atoms. The van der Waals surface area contributed by atoms with Gasteiger partial charge in [-0.1, -0.05) is 60.1 Å². The number of benzene rings is 3. The molecule has 3 aromatic rings. The Morgan fingerprint density at radius 1 is 0.897 bits per heavy atom. The molecule has 7 heteroatoms. The van der Waals surface area contributed by atoms with Crippen LogP contribution in [0.2, 0.25) is 5.02 Å². The molecular formula is C22H21ClN2O3S. The Kier molecular flexibility index (Phi) is 6.25. The molecule has 0 heterocycles. The topological polar surface area (TPSA) is 66.5 Å². The molecule has 0 aromatic heterocycles. The summed E-state index contributed by atoms with van der Waals surface area (Å²) in [5.74, 6) is -0.457. The number of carbonyl (C=O) groups is 1. The number of hydrogen-bond donors (Lipinski definition) is 1. The van der Waals surface area contributed by atoms with Gasteiger partial charge in [0.1, 0.15) is 6.54 Å². The second-order valence-electron chi connectivity index (χ2n) is 6.59. The van der Waals surface area contributed by atoms with Gasteiger partial charge < -0.3 is 5.32 Å². The molecule has 3 aromatic carbocycles. The average Bonchev–Trinajstić information content (AvgIpc) is 2.70. The first-order valence-corrected chi connectivity index (χ1v) is 10.8. The van der Waals surface area contributed by atoms with E-state index in [1.165, 1.54) is 12.1 Å². The molecule has 1 N–H and O–H groups in total. The number of carbonyl (C=O) groups excluding carboxylic acids is 1. The van der Waals surface area contributed by atoms with Crippen molar-refractivity contribution in [1.29, 1.82) is 0 Å². The molecule has 0 aliphatic rings. The van der Waals surface area contributed by atoms with Crippen LogP contribution >= 0.6 is 11.6 Å². The van der Waals surface area contributed by atoms with Crippen molar-refractivity contribution in [3.05, 3.63) is 88.9 Å². The number of anilines is 2. The molecule has 0 fully saturated rings. The van der Waals surface area contributed by atoms with Crippen molar-refractivity contribution >= 4 is 38.9 Å². The molecule has 0 aliphatic heterocycles. The molecule has 0 bridgehead atoms. The van der Waals surface area contributed by atoms with Gasteiger partial charge >= 0.3 is 0 Å². The van der Waals surface area contributed by atoms with Crippen LogP contribution in [0, 0.1) is 13.8 Å². The molecule has 0 atom stereocenters. The highest BCUT2D eigenvalue weighted by Crippen LogP contribution is 2.30. The zero-order valence-electron chi connectivity index (χ0n) is 16.1. The summed E-state index contributed by atoms with van der Waals surface area (Å²) in [6, 6.07) is 20.2. The predicted molar refractivity (Wildman–Crippen MR) is 117 cm³/mol. The largest absolute Gasteiger partial charge is 0.324 e. The van der Waals surface area contributed by atoms with Crippen molar-refractivity contribution in [3.63, 3.8) is 0 Å². The van der Waals surface area contributed by atoms with Crippen LogP contribution in [0.3, 0.4) is 0 Å². The molecule has 0 radical (unpaired) electrons. The summed E-state index contributed by atoms with van der Waals surface area (Å²) in [6.45, 7) is 3.36. The molecule has 5 nitrogen and oxygen atoms in total. The molecule has 3 rings (SSSR count). The van der Waals surface area contributed by atoms with Gasteiger partial charge in [0.2, 0.25) is 5.91 Å². The van der Waals surface area contributed by atoms with Crippen molar-refractivity contribution in [2.24, 2.45) is 0 Å². The first-order chi connectivity index (χ1) is 13.8. The van der Waals surface area contributed by atoms with Crippen molar-refractivity contribution < 1.29 is 13.2 Å². The first-order valence-electron chi connectivity index (χ1n) is 8.99. The fourth-order valence-electron chi connectivity index (χ4n) is 2.99. The molecule has 150 valence electrons. The molecule has 0 unspecified atom stereocenters. The third-order valence-electron chi connectivity index (χ3n) is 4.49. The Bertz CT molecular complexity index is 1110. The molecule has 29 heavy (non-hydrogen) atoms. The van der Waals surface area contributed by atoms with E-state index in [-0.39, 0.29) is 15.6 Å². The maximum atomic E-state index is 13.3. The van der Waals surface area contributed by atoms with Crippen LogP contribution in [-0.2, 0) is 14.8 Å². The summed E-state index contributed by atoms with van der Waals surface area (Å²) in [6.07, 6.45) is 0. The van der Waals surface area contributed by atoms with Crippen molar-refractivity contribution in [2.45, 2.75) is 18.7 Å². The molecule has 0 aliphatic carbocycles. The lowest BCUT2D eigenvalue weighted by Crippen LogP contribution is -2.38. The highest BCUT2D eigenvalue weighted by atomic mass is 35.5. The SMILES string of the molecule is Cc1cccc(C)c1NC(=O)CN(c1ccccc1Cl)S(=O)(=O)c1ccccc1. The van der Waals surface area contributed by atoms with E-state index in [0.29, 0.717) is 5.69 Å². The van der Waals surface area contributed by atoms with Crippen LogP contribution in [0.4, 0.5) is 11.4 Å². The number of sulfonamides is 1. The van der Waals surface area contributed by atoms with E-state index in [9.17, 15) is 13.2 Å². The lowest BCUT2D eigenvalue weighted by molar-refractivity contribution is -0.114. The number of hydrogen-bond acceptors (Lipinski definition) is 3. The lowest BCUT2D eigenvalue weighted by atomic mass is 10.1. The van der Waals surface area contributed by atoms with E-state index >= 15 is 0 Å². The molecular weight excluding hydrogens is 408 g/mol. The Balaban J connectivity index is 1.98. The quantitative estimate of drug-likeness (QED) is 0.613. The normalized spacial score (nSPS) is 11.1. The van der Waals surface area contributed by atoms with Gasteiger partial charge in [-0.15, -0.1) is 0 Å². The van der Waals surface area contributed by atoms with Crippen molar-refractivity contribution in [1.82, 2.24) is 0 Å². The maximum absolute atomic E-state index is 13.3. The second kappa shape index (κ2) is 8.68. The zero-order chi connectivity index (χ0) is 21.0. The first kappa shape index (κ1) is 20.9. The lowest BCUT2D eigenvalue weighted by Gasteiger charge is -2.25. The predicted octanol–water partition coefficient (Wildman–Crippen LogP) is 4.79. The van der Waals surface area contributed by atoms with Gasteiger partial charge in [0.05, 0.1) is 15.6 Å². The van der Waals surface area contributed by atoms with Crippen molar-refractivity contribution in [2.75, 3.05) is 16.2 Å². The zero-order valence-corrected chi connectivity index (χ0v) is 17.7. The number of nitrogens with zero attached hydrogens (tertiary/aromatic N) is 1. The standard InChI is InChI=1S/C22H21ClN2O3S/c1-16-9-8-10-17(2)22(16)24-21(26)15-25(20-14-7-6-13-19(20)23)29(27,28)18-11-4-3-5-12-18/h3-14H,15H2,1-2H3,(H,24,26). The number of aryl methyl sites for hydroxylation is 2. The fraction of sp³-hybridized carbons (Fsp3) is 0.136. The Labute approximate surface area is 176 Å².